The van der Waals surface area contributed by atoms with Crippen LogP contribution >= 0.6 is 0 Å². The topological polar surface area (TPSA) is 34.5 Å². The lowest BCUT2D eigenvalue weighted by Crippen LogP contribution is -2.33. The molecule has 0 unspecified atom stereocenters. The normalized spacial score (nSPS) is 17.7. The van der Waals surface area contributed by atoms with Crippen LogP contribution in [0.1, 0.15) is 28.8 Å². The van der Waals surface area contributed by atoms with Crippen molar-refractivity contribution >= 4 is 17.2 Å². The number of hydrogen-bond donors (Lipinski definition) is 0. The first-order valence-corrected chi connectivity index (χ1v) is 9.19. The molecule has 1 aliphatic rings. The summed E-state index contributed by atoms with van der Waals surface area (Å²) in [6.07, 6.45) is 5.48. The second-order valence-corrected chi connectivity index (χ2v) is 7.05. The Bertz CT molecular complexity index is 898. The number of ether oxygens (including phenoxy) is 1. The Hall–Kier alpha value is -2.59. The fourth-order valence-corrected chi connectivity index (χ4v) is 3.90. The van der Waals surface area contributed by atoms with Crippen LogP contribution in [-0.2, 0) is 13.6 Å². The van der Waals surface area contributed by atoms with E-state index in [1.807, 2.05) is 12.1 Å². The monoisotopic (exact) mass is 348 g/mol. The van der Waals surface area contributed by atoms with Crippen LogP contribution < -0.4 is 4.74 Å². The summed E-state index contributed by atoms with van der Waals surface area (Å²) in [7, 11) is 2.11. The molecule has 1 atom stereocenters. The minimum Gasteiger partial charge on any atom is -0.492 e. The van der Waals surface area contributed by atoms with Crippen molar-refractivity contribution < 1.29 is 9.53 Å². The lowest BCUT2D eigenvalue weighted by atomic mass is 10.1. The van der Waals surface area contributed by atoms with Gasteiger partial charge in [0.2, 0.25) is 0 Å². The molecule has 4 nitrogen and oxygen atoms in total. The van der Waals surface area contributed by atoms with Crippen molar-refractivity contribution in [2.24, 2.45) is 7.05 Å². The average molecular weight is 348 g/mol. The molecule has 0 radical (unpaired) electrons. The van der Waals surface area contributed by atoms with E-state index in [4.69, 9.17) is 4.74 Å². The first-order valence-electron chi connectivity index (χ1n) is 9.19. The Labute approximate surface area is 154 Å². The van der Waals surface area contributed by atoms with Gasteiger partial charge in [0, 0.05) is 42.3 Å². The number of carbonyl (C=O) groups excluding carboxylic acids is 1. The molecule has 1 saturated heterocycles. The Morgan fingerprint density at radius 3 is 2.77 bits per heavy atom. The van der Waals surface area contributed by atoms with Crippen LogP contribution in [0.3, 0.4) is 0 Å². The van der Waals surface area contributed by atoms with E-state index >= 15 is 0 Å². The van der Waals surface area contributed by atoms with E-state index in [9.17, 15) is 4.79 Å². The third kappa shape index (κ3) is 3.37. The van der Waals surface area contributed by atoms with Crippen LogP contribution in [0, 0.1) is 0 Å². The fourth-order valence-electron chi connectivity index (χ4n) is 3.90. The number of aryl methyl sites for hydroxylation is 1. The molecule has 4 rings (SSSR count). The smallest absolute Gasteiger partial charge is 0.150 e. The predicted octanol–water partition coefficient (Wildman–Crippen LogP) is 4.03. The number of fused-ring (bicyclic) bond motifs is 1. The van der Waals surface area contributed by atoms with Gasteiger partial charge in [-0.15, -0.1) is 0 Å². The van der Waals surface area contributed by atoms with Gasteiger partial charge in [-0.05, 0) is 55.3 Å². The van der Waals surface area contributed by atoms with Gasteiger partial charge in [0.1, 0.15) is 18.6 Å². The maximum absolute atomic E-state index is 10.7. The zero-order valence-electron chi connectivity index (χ0n) is 15.1. The van der Waals surface area contributed by atoms with E-state index in [0.29, 0.717) is 18.2 Å². The van der Waals surface area contributed by atoms with Crippen molar-refractivity contribution in [1.82, 2.24) is 9.47 Å². The molecule has 4 heteroatoms. The Morgan fingerprint density at radius 1 is 1.15 bits per heavy atom. The van der Waals surface area contributed by atoms with E-state index < -0.39 is 0 Å². The molecule has 134 valence electrons. The zero-order valence-corrected chi connectivity index (χ0v) is 15.1. The third-order valence-corrected chi connectivity index (χ3v) is 5.31. The van der Waals surface area contributed by atoms with Crippen LogP contribution in [-0.4, -0.2) is 34.9 Å². The Balaban J connectivity index is 1.43. The van der Waals surface area contributed by atoms with Crippen molar-refractivity contribution in [2.75, 3.05) is 13.2 Å². The Morgan fingerprint density at radius 2 is 1.96 bits per heavy atom. The van der Waals surface area contributed by atoms with Gasteiger partial charge >= 0.3 is 0 Å². The molecule has 0 saturated carbocycles. The first kappa shape index (κ1) is 16.9. The molecule has 3 aromatic rings. The molecule has 0 amide bonds. The summed E-state index contributed by atoms with van der Waals surface area (Å²) < 4.78 is 8.20. The van der Waals surface area contributed by atoms with Crippen LogP contribution in [0.5, 0.6) is 5.75 Å². The minimum atomic E-state index is 0.430. The second kappa shape index (κ2) is 7.34. The van der Waals surface area contributed by atoms with Gasteiger partial charge in [0.15, 0.2) is 0 Å². The quantitative estimate of drug-likeness (QED) is 0.631. The van der Waals surface area contributed by atoms with Crippen LogP contribution in [0.4, 0.5) is 0 Å². The summed E-state index contributed by atoms with van der Waals surface area (Å²) in [4.78, 5) is 13.3. The van der Waals surface area contributed by atoms with E-state index in [1.54, 1.807) is 12.1 Å². The summed E-state index contributed by atoms with van der Waals surface area (Å²) >= 11 is 0. The van der Waals surface area contributed by atoms with E-state index in [0.717, 1.165) is 31.5 Å². The summed E-state index contributed by atoms with van der Waals surface area (Å²) in [5.41, 5.74) is 3.34. The molecule has 0 spiro atoms. The largest absolute Gasteiger partial charge is 0.492 e. The number of benzene rings is 2. The highest BCUT2D eigenvalue weighted by Gasteiger charge is 2.26. The fraction of sp³-hybridized carbons (Fsp3) is 0.318. The number of para-hydroxylation sites is 1. The molecule has 2 heterocycles. The maximum atomic E-state index is 10.7. The molecule has 26 heavy (non-hydrogen) atoms. The highest BCUT2D eigenvalue weighted by molar-refractivity contribution is 5.83. The lowest BCUT2D eigenvalue weighted by Gasteiger charge is -2.24. The van der Waals surface area contributed by atoms with Gasteiger partial charge in [0.05, 0.1) is 0 Å². The van der Waals surface area contributed by atoms with E-state index in [2.05, 4.69) is 47.0 Å². The maximum Gasteiger partial charge on any atom is 0.150 e. The van der Waals surface area contributed by atoms with Gasteiger partial charge in [-0.25, -0.2) is 0 Å². The molecule has 1 aliphatic heterocycles. The molecular formula is C22H24N2O2. The number of aromatic nitrogens is 1. The van der Waals surface area contributed by atoms with Gasteiger partial charge in [-0.1, -0.05) is 18.2 Å². The van der Waals surface area contributed by atoms with Crippen molar-refractivity contribution in [1.29, 1.82) is 0 Å². The molecule has 0 N–H and O–H groups in total. The van der Waals surface area contributed by atoms with E-state index in [1.165, 1.54) is 22.9 Å². The first-order chi connectivity index (χ1) is 12.7. The van der Waals surface area contributed by atoms with Crippen molar-refractivity contribution in [3.05, 3.63) is 65.9 Å². The SMILES string of the molecule is Cn1cc(CN2CCC[C@H]2COc2ccc(C=O)cc2)c2ccccc21. The standard InChI is InChI=1S/C22H24N2O2/c1-23-13-18(21-6-2-3-7-22(21)23)14-24-12-4-5-19(24)16-26-20-10-8-17(15-25)9-11-20/h2-3,6-11,13,15,19H,4-5,12,14,16H2,1H3/t19-/m0/s1. The van der Waals surface area contributed by atoms with Gasteiger partial charge < -0.3 is 9.30 Å². The van der Waals surface area contributed by atoms with Crippen LogP contribution in [0.2, 0.25) is 0 Å². The minimum absolute atomic E-state index is 0.430. The van der Waals surface area contributed by atoms with Crippen LogP contribution in [0.15, 0.2) is 54.7 Å². The average Bonchev–Trinajstić information content (AvgIpc) is 3.25. The van der Waals surface area contributed by atoms with Crippen LogP contribution in [0.25, 0.3) is 10.9 Å². The number of nitrogens with zero attached hydrogens (tertiary/aromatic N) is 2. The van der Waals surface area contributed by atoms with E-state index in [-0.39, 0.29) is 0 Å². The van der Waals surface area contributed by atoms with Gasteiger partial charge in [0.25, 0.3) is 0 Å². The molecule has 1 aromatic heterocycles. The van der Waals surface area contributed by atoms with Crippen molar-refractivity contribution in [2.45, 2.75) is 25.4 Å². The molecule has 0 aliphatic carbocycles. The van der Waals surface area contributed by atoms with Crippen molar-refractivity contribution in [3.8, 4) is 5.75 Å². The summed E-state index contributed by atoms with van der Waals surface area (Å²) in [5.74, 6) is 0.826. The zero-order chi connectivity index (χ0) is 17.9. The number of likely N-dealkylation sites (tertiary alicyclic amines) is 1. The van der Waals surface area contributed by atoms with Crippen molar-refractivity contribution in [3.63, 3.8) is 0 Å². The number of carbonyl (C=O) groups is 1. The number of rotatable bonds is 6. The molecule has 0 bridgehead atoms. The predicted molar refractivity (Wildman–Crippen MR) is 104 cm³/mol. The third-order valence-electron chi connectivity index (χ3n) is 5.31. The summed E-state index contributed by atoms with van der Waals surface area (Å²) in [6.45, 7) is 2.76. The summed E-state index contributed by atoms with van der Waals surface area (Å²) in [6, 6.07) is 16.3. The number of hydrogen-bond acceptors (Lipinski definition) is 3. The molecule has 1 fully saturated rings. The lowest BCUT2D eigenvalue weighted by molar-refractivity contribution is 0.112. The van der Waals surface area contributed by atoms with Gasteiger partial charge in [-0.3, -0.25) is 9.69 Å². The molecular weight excluding hydrogens is 324 g/mol. The Kier molecular flexibility index (Phi) is 4.76. The number of aldehydes is 1. The second-order valence-electron chi connectivity index (χ2n) is 7.05. The van der Waals surface area contributed by atoms with Gasteiger partial charge in [-0.2, -0.15) is 0 Å². The molecule has 2 aromatic carbocycles. The highest BCUT2D eigenvalue weighted by atomic mass is 16.5. The summed E-state index contributed by atoms with van der Waals surface area (Å²) in [5, 5.41) is 1.34. The highest BCUT2D eigenvalue weighted by Crippen LogP contribution is 2.26.